The van der Waals surface area contributed by atoms with Crippen LogP contribution < -0.4 is 17.8 Å². The van der Waals surface area contributed by atoms with Crippen LogP contribution in [-0.4, -0.2) is 31.6 Å². The fourth-order valence-corrected chi connectivity index (χ4v) is 0.461. The molecule has 0 amide bonds. The molecular formula is C4H10ClN3. The molecule has 0 aromatic heterocycles. The van der Waals surface area contributed by atoms with Crippen LogP contribution in [0.2, 0.25) is 0 Å². The van der Waals surface area contributed by atoms with E-state index in [2.05, 4.69) is 24.6 Å². The van der Waals surface area contributed by atoms with Crippen LogP contribution in [-0.2, 0) is 0 Å². The van der Waals surface area contributed by atoms with Gasteiger partial charge < -0.3 is 12.4 Å². The van der Waals surface area contributed by atoms with Crippen molar-refractivity contribution < 1.29 is 16.9 Å². The van der Waals surface area contributed by atoms with Gasteiger partial charge in [0.15, 0.2) is 6.67 Å². The maximum Gasteiger partial charge on any atom is 0.208 e. The molecule has 0 aliphatic carbocycles. The first-order valence-corrected chi connectivity index (χ1v) is 2.30. The van der Waals surface area contributed by atoms with E-state index in [4.69, 9.17) is 0 Å². The lowest BCUT2D eigenvalue weighted by Gasteiger charge is -2.15. The summed E-state index contributed by atoms with van der Waals surface area (Å²) >= 11 is 0. The summed E-state index contributed by atoms with van der Waals surface area (Å²) < 4.78 is 0.847. The minimum Gasteiger partial charge on any atom is -1.00 e. The predicted molar refractivity (Wildman–Crippen MR) is 28.6 cm³/mol. The average Bonchev–Trinajstić information content (AvgIpc) is 1.84. The SMILES string of the molecule is C[N+]1(C)C=NNC1.[Cl-]. The summed E-state index contributed by atoms with van der Waals surface area (Å²) in [5.41, 5.74) is 2.85. The number of halogens is 1. The number of nitrogens with one attached hydrogen (secondary N) is 1. The molecule has 0 atom stereocenters. The Morgan fingerprint density at radius 2 is 2.25 bits per heavy atom. The largest absolute Gasteiger partial charge is 1.00 e. The Bertz CT molecular complexity index is 99.5. The van der Waals surface area contributed by atoms with E-state index < -0.39 is 0 Å². The van der Waals surface area contributed by atoms with Gasteiger partial charge in [0.1, 0.15) is 0 Å². The van der Waals surface area contributed by atoms with Crippen LogP contribution in [0.5, 0.6) is 0 Å². The molecule has 0 aromatic carbocycles. The van der Waals surface area contributed by atoms with Crippen molar-refractivity contribution in [2.24, 2.45) is 5.10 Å². The van der Waals surface area contributed by atoms with Crippen molar-refractivity contribution in [1.29, 1.82) is 0 Å². The van der Waals surface area contributed by atoms with Crippen molar-refractivity contribution in [3.63, 3.8) is 0 Å². The van der Waals surface area contributed by atoms with Crippen LogP contribution in [0.15, 0.2) is 5.10 Å². The summed E-state index contributed by atoms with van der Waals surface area (Å²) in [5.74, 6) is 0. The van der Waals surface area contributed by atoms with Crippen molar-refractivity contribution in [3.8, 4) is 0 Å². The lowest BCUT2D eigenvalue weighted by molar-refractivity contribution is -0.788. The van der Waals surface area contributed by atoms with Crippen molar-refractivity contribution >= 4 is 6.34 Å². The number of rotatable bonds is 0. The van der Waals surface area contributed by atoms with Crippen LogP contribution in [0, 0.1) is 0 Å². The van der Waals surface area contributed by atoms with Gasteiger partial charge in [0.2, 0.25) is 6.34 Å². The molecule has 1 rings (SSSR count). The first-order chi connectivity index (χ1) is 3.21. The lowest BCUT2D eigenvalue weighted by Crippen LogP contribution is -3.00. The topological polar surface area (TPSA) is 24.4 Å². The lowest BCUT2D eigenvalue weighted by atomic mass is 10.7. The van der Waals surface area contributed by atoms with E-state index in [1.807, 2.05) is 6.34 Å². The Kier molecular flexibility index (Phi) is 2.25. The molecule has 1 heterocycles. The fourth-order valence-electron chi connectivity index (χ4n) is 0.461. The molecule has 0 saturated heterocycles. The number of nitrogens with zero attached hydrogens (tertiary/aromatic N) is 2. The van der Waals surface area contributed by atoms with Crippen LogP contribution >= 0.6 is 0 Å². The van der Waals surface area contributed by atoms with Gasteiger partial charge >= 0.3 is 0 Å². The molecule has 0 unspecified atom stereocenters. The number of hydrogen-bond acceptors (Lipinski definition) is 2. The monoisotopic (exact) mass is 135 g/mol. The summed E-state index contributed by atoms with van der Waals surface area (Å²) in [6, 6.07) is 0. The molecule has 3 nitrogen and oxygen atoms in total. The molecule has 0 saturated carbocycles. The molecule has 8 heavy (non-hydrogen) atoms. The van der Waals surface area contributed by atoms with Crippen molar-refractivity contribution in [1.82, 2.24) is 5.43 Å². The Morgan fingerprint density at radius 3 is 2.38 bits per heavy atom. The molecule has 1 aliphatic heterocycles. The van der Waals surface area contributed by atoms with Gasteiger partial charge in [-0.15, -0.1) is 5.10 Å². The standard InChI is InChI=1S/C4H10N3.ClH/c1-7(2)3-5-6-4-7;/h3,6H,4H2,1-2H3;1H/q+1;/p-1. The van der Waals surface area contributed by atoms with Gasteiger partial charge in [-0.3, -0.25) is 9.91 Å². The number of quaternary nitrogens is 1. The van der Waals surface area contributed by atoms with Crippen molar-refractivity contribution in [2.75, 3.05) is 20.8 Å². The van der Waals surface area contributed by atoms with E-state index in [9.17, 15) is 0 Å². The third-order valence-electron chi connectivity index (χ3n) is 0.940. The van der Waals surface area contributed by atoms with Gasteiger partial charge in [-0.2, -0.15) is 0 Å². The van der Waals surface area contributed by atoms with Crippen molar-refractivity contribution in [2.45, 2.75) is 0 Å². The number of hydrogen-bond donors (Lipinski definition) is 1. The summed E-state index contributed by atoms with van der Waals surface area (Å²) in [6.07, 6.45) is 1.88. The molecule has 48 valence electrons. The van der Waals surface area contributed by atoms with E-state index in [0.717, 1.165) is 11.2 Å². The molecule has 1 N–H and O–H groups in total. The molecular weight excluding hydrogens is 126 g/mol. The third kappa shape index (κ3) is 1.68. The minimum absolute atomic E-state index is 0. The quantitative estimate of drug-likeness (QED) is 0.344. The fraction of sp³-hybridized carbons (Fsp3) is 0.750. The zero-order chi connectivity index (χ0) is 5.33. The normalized spacial score (nSPS) is 21.8. The first kappa shape index (κ1) is 7.72. The zero-order valence-electron chi connectivity index (χ0n) is 5.06. The highest BCUT2D eigenvalue weighted by molar-refractivity contribution is 5.46. The van der Waals surface area contributed by atoms with Gasteiger partial charge in [-0.05, 0) is 0 Å². The highest BCUT2D eigenvalue weighted by Crippen LogP contribution is 1.92. The molecule has 0 fully saturated rings. The van der Waals surface area contributed by atoms with Gasteiger partial charge in [-0.1, -0.05) is 0 Å². The van der Waals surface area contributed by atoms with E-state index in [1.54, 1.807) is 0 Å². The molecule has 0 aromatic rings. The van der Waals surface area contributed by atoms with Crippen LogP contribution in [0.25, 0.3) is 0 Å². The average molecular weight is 136 g/mol. The van der Waals surface area contributed by atoms with Crippen LogP contribution in [0.4, 0.5) is 0 Å². The predicted octanol–water partition coefficient (Wildman–Crippen LogP) is -3.43. The summed E-state index contributed by atoms with van der Waals surface area (Å²) in [6.45, 7) is 0.917. The Hall–Kier alpha value is -0.280. The Morgan fingerprint density at radius 1 is 1.62 bits per heavy atom. The van der Waals surface area contributed by atoms with Gasteiger partial charge in [0.25, 0.3) is 0 Å². The van der Waals surface area contributed by atoms with E-state index >= 15 is 0 Å². The summed E-state index contributed by atoms with van der Waals surface area (Å²) in [4.78, 5) is 0. The van der Waals surface area contributed by atoms with Gasteiger partial charge in [-0.25, -0.2) is 0 Å². The number of hydrazone groups is 1. The zero-order valence-corrected chi connectivity index (χ0v) is 5.81. The molecule has 0 radical (unpaired) electrons. The summed E-state index contributed by atoms with van der Waals surface area (Å²) in [5, 5.41) is 3.83. The van der Waals surface area contributed by atoms with Crippen LogP contribution in [0.1, 0.15) is 0 Å². The smallest absolute Gasteiger partial charge is 0.208 e. The summed E-state index contributed by atoms with van der Waals surface area (Å²) in [7, 11) is 4.17. The maximum atomic E-state index is 3.83. The van der Waals surface area contributed by atoms with E-state index in [1.165, 1.54) is 0 Å². The second kappa shape index (κ2) is 2.33. The molecule has 4 heteroatoms. The highest BCUT2D eigenvalue weighted by Gasteiger charge is 2.14. The van der Waals surface area contributed by atoms with E-state index in [0.29, 0.717) is 0 Å². The third-order valence-corrected chi connectivity index (χ3v) is 0.940. The first-order valence-electron chi connectivity index (χ1n) is 2.30. The van der Waals surface area contributed by atoms with Gasteiger partial charge in [0.05, 0.1) is 14.1 Å². The second-order valence-corrected chi connectivity index (χ2v) is 2.34. The molecule has 0 spiro atoms. The van der Waals surface area contributed by atoms with E-state index in [-0.39, 0.29) is 12.4 Å². The Labute approximate surface area is 55.4 Å². The maximum absolute atomic E-state index is 3.83. The Balaban J connectivity index is 0.000000490. The van der Waals surface area contributed by atoms with Crippen LogP contribution in [0.3, 0.4) is 0 Å². The highest BCUT2D eigenvalue weighted by atomic mass is 35.5. The van der Waals surface area contributed by atoms with Gasteiger partial charge in [0, 0.05) is 0 Å². The molecule has 0 bridgehead atoms. The minimum atomic E-state index is 0. The van der Waals surface area contributed by atoms with Crippen molar-refractivity contribution in [3.05, 3.63) is 0 Å². The second-order valence-electron chi connectivity index (χ2n) is 2.34. The molecule has 1 aliphatic rings.